The van der Waals surface area contributed by atoms with Crippen LogP contribution < -0.4 is 4.74 Å². The van der Waals surface area contributed by atoms with Gasteiger partial charge in [0.25, 0.3) is 0 Å². The molecule has 2 aliphatic heterocycles. The Morgan fingerprint density at radius 3 is 2.73 bits per heavy atom. The van der Waals surface area contributed by atoms with Crippen molar-refractivity contribution in [1.29, 1.82) is 0 Å². The Bertz CT molecular complexity index is 1040. The van der Waals surface area contributed by atoms with Gasteiger partial charge >= 0.3 is 0 Å². The highest BCUT2D eigenvalue weighted by Crippen LogP contribution is 2.45. The number of pyridine rings is 1. The molecule has 5 rings (SSSR count). The Morgan fingerprint density at radius 1 is 1.20 bits per heavy atom. The van der Waals surface area contributed by atoms with Crippen LogP contribution >= 0.6 is 12.4 Å². The van der Waals surface area contributed by atoms with E-state index in [4.69, 9.17) is 4.74 Å². The van der Waals surface area contributed by atoms with Crippen LogP contribution in [0, 0.1) is 11.8 Å². The highest BCUT2D eigenvalue weighted by Gasteiger charge is 2.48. The number of nitrogens with zero attached hydrogens (tertiary/aromatic N) is 4. The van der Waals surface area contributed by atoms with E-state index in [-0.39, 0.29) is 24.4 Å². The van der Waals surface area contributed by atoms with Crippen molar-refractivity contribution in [3.05, 3.63) is 53.9 Å². The van der Waals surface area contributed by atoms with Crippen LogP contribution in [0.5, 0.6) is 5.75 Å². The number of fused-ring (bicyclic) bond motifs is 2. The maximum Gasteiger partial charge on any atom is 0.219 e. The predicted octanol–water partition coefficient (Wildman–Crippen LogP) is 3.04. The van der Waals surface area contributed by atoms with Crippen LogP contribution in [0.4, 0.5) is 0 Å². The van der Waals surface area contributed by atoms with Gasteiger partial charge in [0.1, 0.15) is 5.75 Å². The number of rotatable bonds is 4. The molecule has 7 nitrogen and oxygen atoms in total. The molecule has 0 saturated carbocycles. The largest absolute Gasteiger partial charge is 0.497 e. The molecule has 158 valence electrons. The van der Waals surface area contributed by atoms with Crippen molar-refractivity contribution in [3.63, 3.8) is 0 Å². The van der Waals surface area contributed by atoms with Crippen molar-refractivity contribution in [3.8, 4) is 5.75 Å². The maximum atomic E-state index is 12.3. The molecule has 8 heteroatoms. The van der Waals surface area contributed by atoms with Gasteiger partial charge in [-0.15, -0.1) is 12.4 Å². The first-order valence-corrected chi connectivity index (χ1v) is 10.1. The first-order valence-electron chi connectivity index (χ1n) is 10.1. The summed E-state index contributed by atoms with van der Waals surface area (Å²) in [4.78, 5) is 21.2. The third kappa shape index (κ3) is 3.52. The summed E-state index contributed by atoms with van der Waals surface area (Å²) in [5, 5.41) is 8.56. The minimum Gasteiger partial charge on any atom is -0.497 e. The van der Waals surface area contributed by atoms with E-state index in [1.807, 2.05) is 23.1 Å². The maximum absolute atomic E-state index is 12.3. The van der Waals surface area contributed by atoms with Gasteiger partial charge in [0.15, 0.2) is 5.65 Å². The SMILES string of the molecule is COc1ccc([C@H]2[C@@H]3CN(Cc4[nH]nc5ncccc45)C[C@@H]3CN2C(C)=O)cc1.Cl. The van der Waals surface area contributed by atoms with Gasteiger partial charge in [-0.25, -0.2) is 4.98 Å². The number of carbonyl (C=O) groups is 1. The highest BCUT2D eigenvalue weighted by molar-refractivity contribution is 5.85. The molecule has 1 aromatic carbocycles. The van der Waals surface area contributed by atoms with E-state index in [9.17, 15) is 4.79 Å². The van der Waals surface area contributed by atoms with Crippen molar-refractivity contribution < 1.29 is 9.53 Å². The molecule has 0 unspecified atom stereocenters. The van der Waals surface area contributed by atoms with Gasteiger partial charge in [-0.2, -0.15) is 5.10 Å². The number of amides is 1. The number of methoxy groups -OCH3 is 1. The van der Waals surface area contributed by atoms with Crippen LogP contribution in [0.2, 0.25) is 0 Å². The summed E-state index contributed by atoms with van der Waals surface area (Å²) < 4.78 is 5.30. The number of aromatic amines is 1. The average molecular weight is 428 g/mol. The second kappa shape index (κ2) is 8.24. The van der Waals surface area contributed by atoms with E-state index in [1.165, 1.54) is 5.56 Å². The lowest BCUT2D eigenvalue weighted by Gasteiger charge is -2.29. The van der Waals surface area contributed by atoms with Gasteiger partial charge in [-0.1, -0.05) is 12.1 Å². The minimum atomic E-state index is 0. The Hall–Kier alpha value is -2.64. The van der Waals surface area contributed by atoms with Crippen LogP contribution in [0.15, 0.2) is 42.6 Å². The number of aromatic nitrogens is 3. The number of nitrogens with one attached hydrogen (secondary N) is 1. The van der Waals surface area contributed by atoms with Crippen molar-refractivity contribution in [2.75, 3.05) is 26.7 Å². The summed E-state index contributed by atoms with van der Waals surface area (Å²) >= 11 is 0. The number of benzene rings is 1. The number of ether oxygens (including phenoxy) is 1. The molecule has 1 amide bonds. The van der Waals surface area contributed by atoms with Crippen LogP contribution in [0.1, 0.15) is 24.2 Å². The standard InChI is InChI=1S/C22H25N5O2.ClH/c1-14(28)27-11-16-10-26(13-20-18-4-3-9-23-22(18)25-24-20)12-19(16)21(27)15-5-7-17(29-2)8-6-15;/h3-9,16,19,21H,10-13H2,1-2H3,(H,23,24,25);1H/t16-,19-,21+;/m1./s1. The van der Waals surface area contributed by atoms with Crippen molar-refractivity contribution >= 4 is 29.3 Å². The van der Waals surface area contributed by atoms with E-state index in [0.717, 1.165) is 48.7 Å². The smallest absolute Gasteiger partial charge is 0.219 e. The molecule has 0 bridgehead atoms. The molecule has 1 N–H and O–H groups in total. The summed E-state index contributed by atoms with van der Waals surface area (Å²) in [5.74, 6) is 1.90. The van der Waals surface area contributed by atoms with E-state index in [2.05, 4.69) is 38.3 Å². The molecule has 4 heterocycles. The lowest BCUT2D eigenvalue weighted by molar-refractivity contribution is -0.130. The molecule has 3 atom stereocenters. The second-order valence-corrected chi connectivity index (χ2v) is 8.08. The average Bonchev–Trinajstić information content (AvgIpc) is 3.41. The molecule has 30 heavy (non-hydrogen) atoms. The Balaban J connectivity index is 0.00000218. The first-order chi connectivity index (χ1) is 14.1. The van der Waals surface area contributed by atoms with Crippen molar-refractivity contribution in [2.45, 2.75) is 19.5 Å². The molecule has 0 spiro atoms. The van der Waals surface area contributed by atoms with Crippen LogP contribution in [0.3, 0.4) is 0 Å². The fourth-order valence-corrected chi connectivity index (χ4v) is 5.07. The zero-order valence-electron chi connectivity index (χ0n) is 17.1. The monoisotopic (exact) mass is 427 g/mol. The zero-order chi connectivity index (χ0) is 20.0. The van der Waals surface area contributed by atoms with Crippen molar-refractivity contribution in [1.82, 2.24) is 25.0 Å². The van der Waals surface area contributed by atoms with Gasteiger partial charge < -0.3 is 9.64 Å². The molecular weight excluding hydrogens is 402 g/mol. The number of halogens is 1. The first kappa shape index (κ1) is 20.6. The molecular formula is C22H26ClN5O2. The predicted molar refractivity (Wildman–Crippen MR) is 117 cm³/mol. The Labute approximate surface area is 181 Å². The van der Waals surface area contributed by atoms with Gasteiger partial charge in [0.05, 0.1) is 18.8 Å². The number of H-pyrrole nitrogens is 1. The minimum absolute atomic E-state index is 0. The zero-order valence-corrected chi connectivity index (χ0v) is 17.9. The quantitative estimate of drug-likeness (QED) is 0.692. The van der Waals surface area contributed by atoms with Crippen molar-refractivity contribution in [2.24, 2.45) is 11.8 Å². The molecule has 0 aliphatic carbocycles. The normalized spacial score (nSPS) is 23.4. The molecule has 2 aromatic heterocycles. The number of hydrogen-bond acceptors (Lipinski definition) is 5. The molecule has 2 saturated heterocycles. The van der Waals surface area contributed by atoms with Gasteiger partial charge in [0.2, 0.25) is 5.91 Å². The second-order valence-electron chi connectivity index (χ2n) is 8.08. The Kier molecular flexibility index (Phi) is 5.66. The third-order valence-corrected chi connectivity index (χ3v) is 6.39. The summed E-state index contributed by atoms with van der Waals surface area (Å²) in [7, 11) is 1.67. The molecule has 2 aliphatic rings. The van der Waals surface area contributed by atoms with Crippen LogP contribution in [-0.4, -0.2) is 57.6 Å². The summed E-state index contributed by atoms with van der Waals surface area (Å²) in [6.07, 6.45) is 1.77. The fourth-order valence-electron chi connectivity index (χ4n) is 5.07. The molecule has 0 radical (unpaired) electrons. The highest BCUT2D eigenvalue weighted by atomic mass is 35.5. The lowest BCUT2D eigenvalue weighted by atomic mass is 9.89. The van der Waals surface area contributed by atoms with Gasteiger partial charge in [-0.3, -0.25) is 14.8 Å². The molecule has 3 aromatic rings. The van der Waals surface area contributed by atoms with Crippen LogP contribution in [-0.2, 0) is 11.3 Å². The van der Waals surface area contributed by atoms with Gasteiger partial charge in [0, 0.05) is 50.6 Å². The van der Waals surface area contributed by atoms with E-state index < -0.39 is 0 Å². The topological polar surface area (TPSA) is 74.3 Å². The summed E-state index contributed by atoms with van der Waals surface area (Å²) in [5.41, 5.74) is 3.06. The molecule has 2 fully saturated rings. The van der Waals surface area contributed by atoms with E-state index in [1.54, 1.807) is 20.2 Å². The number of carbonyl (C=O) groups excluding carboxylic acids is 1. The van der Waals surface area contributed by atoms with E-state index >= 15 is 0 Å². The summed E-state index contributed by atoms with van der Waals surface area (Å²) in [6.45, 7) is 5.27. The van der Waals surface area contributed by atoms with Gasteiger partial charge in [-0.05, 0) is 35.7 Å². The third-order valence-electron chi connectivity index (χ3n) is 6.39. The fraction of sp³-hybridized carbons (Fsp3) is 0.409. The van der Waals surface area contributed by atoms with E-state index in [0.29, 0.717) is 11.8 Å². The number of hydrogen-bond donors (Lipinski definition) is 1. The van der Waals surface area contributed by atoms with Crippen LogP contribution in [0.25, 0.3) is 11.0 Å². The Morgan fingerprint density at radius 2 is 2.00 bits per heavy atom. The lowest BCUT2D eigenvalue weighted by Crippen LogP contribution is -2.34. The number of likely N-dealkylation sites (tertiary alicyclic amines) is 2. The summed E-state index contributed by atoms with van der Waals surface area (Å²) in [6, 6.07) is 12.3.